The maximum Gasteiger partial charge on any atom is 0.264 e. The van der Waals surface area contributed by atoms with Crippen LogP contribution in [0.25, 0.3) is 0 Å². The quantitative estimate of drug-likeness (QED) is 0.291. The average molecular weight is 521 g/mol. The first-order valence-electron chi connectivity index (χ1n) is 11.2. The van der Waals surface area contributed by atoms with Gasteiger partial charge in [0.05, 0.1) is 10.6 Å². The third kappa shape index (κ3) is 6.44. The Morgan fingerprint density at radius 1 is 0.861 bits per heavy atom. The summed E-state index contributed by atoms with van der Waals surface area (Å²) < 4.78 is 33.7. The second-order valence-corrected chi connectivity index (χ2v) is 10.4. The molecule has 0 aromatic heterocycles. The summed E-state index contributed by atoms with van der Waals surface area (Å²) in [5.74, 6) is 0.167. The minimum atomic E-state index is -4.00. The number of carbonyl (C=O) groups is 1. The van der Waals surface area contributed by atoms with Crippen molar-refractivity contribution >= 4 is 38.9 Å². The summed E-state index contributed by atoms with van der Waals surface area (Å²) in [5.41, 5.74) is 2.84. The molecule has 4 aromatic rings. The molecule has 0 aliphatic heterocycles. The molecular weight excluding hydrogens is 496 g/mol. The third-order valence-electron chi connectivity index (χ3n) is 5.40. The summed E-state index contributed by atoms with van der Waals surface area (Å²) in [4.78, 5) is 13.0. The van der Waals surface area contributed by atoms with Gasteiger partial charge in [-0.05, 0) is 73.2 Å². The number of hydrogen-bond acceptors (Lipinski definition) is 4. The fourth-order valence-corrected chi connectivity index (χ4v) is 5.01. The molecule has 6 nitrogen and oxygen atoms in total. The maximum atomic E-state index is 13.4. The van der Waals surface area contributed by atoms with Crippen LogP contribution in [-0.2, 0) is 21.4 Å². The minimum absolute atomic E-state index is 0.0933. The van der Waals surface area contributed by atoms with Crippen LogP contribution in [0, 0.1) is 6.92 Å². The van der Waals surface area contributed by atoms with Crippen LogP contribution in [0.5, 0.6) is 5.75 Å². The molecule has 36 heavy (non-hydrogen) atoms. The molecule has 0 atom stereocenters. The molecule has 184 valence electrons. The van der Waals surface area contributed by atoms with E-state index in [0.29, 0.717) is 28.8 Å². The summed E-state index contributed by atoms with van der Waals surface area (Å²) in [6.45, 7) is 1.89. The van der Waals surface area contributed by atoms with Gasteiger partial charge >= 0.3 is 0 Å². The fraction of sp³-hybridized carbons (Fsp3) is 0.107. The molecule has 0 heterocycles. The summed E-state index contributed by atoms with van der Waals surface area (Å²) in [6.07, 6.45) is 0. The number of ether oxygens (including phenoxy) is 1. The Morgan fingerprint density at radius 2 is 1.50 bits per heavy atom. The Morgan fingerprint density at radius 3 is 2.14 bits per heavy atom. The van der Waals surface area contributed by atoms with Crippen LogP contribution in [0.1, 0.15) is 11.1 Å². The highest BCUT2D eigenvalue weighted by atomic mass is 35.5. The summed E-state index contributed by atoms with van der Waals surface area (Å²) >= 11 is 5.99. The van der Waals surface area contributed by atoms with Crippen molar-refractivity contribution in [2.45, 2.75) is 18.4 Å². The Kier molecular flexibility index (Phi) is 7.93. The van der Waals surface area contributed by atoms with E-state index in [-0.39, 0.29) is 4.90 Å². The highest BCUT2D eigenvalue weighted by molar-refractivity contribution is 7.92. The summed E-state index contributed by atoms with van der Waals surface area (Å²) in [7, 11) is -4.00. The van der Waals surface area contributed by atoms with E-state index in [0.717, 1.165) is 15.4 Å². The number of sulfonamides is 1. The third-order valence-corrected chi connectivity index (χ3v) is 7.44. The molecule has 0 bridgehead atoms. The molecule has 1 N–H and O–H groups in total. The van der Waals surface area contributed by atoms with Crippen molar-refractivity contribution in [3.8, 4) is 5.75 Å². The van der Waals surface area contributed by atoms with E-state index in [1.54, 1.807) is 60.7 Å². The van der Waals surface area contributed by atoms with Crippen LogP contribution in [0.3, 0.4) is 0 Å². The van der Waals surface area contributed by atoms with Crippen molar-refractivity contribution in [2.75, 3.05) is 16.2 Å². The first-order valence-corrected chi connectivity index (χ1v) is 13.0. The number of anilines is 2. The first kappa shape index (κ1) is 25.3. The van der Waals surface area contributed by atoms with E-state index in [4.69, 9.17) is 16.3 Å². The van der Waals surface area contributed by atoms with Crippen LogP contribution in [0.4, 0.5) is 11.4 Å². The first-order chi connectivity index (χ1) is 17.3. The van der Waals surface area contributed by atoms with Crippen molar-refractivity contribution in [2.24, 2.45) is 0 Å². The molecule has 0 saturated heterocycles. The average Bonchev–Trinajstić information content (AvgIpc) is 2.88. The van der Waals surface area contributed by atoms with Gasteiger partial charge in [-0.2, -0.15) is 0 Å². The smallest absolute Gasteiger partial charge is 0.264 e. The number of carbonyl (C=O) groups excluding carboxylic acids is 1. The van der Waals surface area contributed by atoms with Gasteiger partial charge in [0, 0.05) is 10.7 Å². The van der Waals surface area contributed by atoms with Gasteiger partial charge < -0.3 is 10.1 Å². The number of rotatable bonds is 9. The highest BCUT2D eigenvalue weighted by Crippen LogP contribution is 2.26. The van der Waals surface area contributed by atoms with Gasteiger partial charge in [-0.15, -0.1) is 0 Å². The lowest BCUT2D eigenvalue weighted by molar-refractivity contribution is -0.114. The van der Waals surface area contributed by atoms with Gasteiger partial charge in [0.2, 0.25) is 5.91 Å². The van der Waals surface area contributed by atoms with E-state index >= 15 is 0 Å². The zero-order chi connectivity index (χ0) is 25.5. The molecule has 4 rings (SSSR count). The van der Waals surface area contributed by atoms with Gasteiger partial charge in [0.1, 0.15) is 18.9 Å². The second-order valence-electron chi connectivity index (χ2n) is 8.15. The maximum absolute atomic E-state index is 13.4. The van der Waals surface area contributed by atoms with Gasteiger partial charge in [0.15, 0.2) is 0 Å². The van der Waals surface area contributed by atoms with Gasteiger partial charge in [-0.3, -0.25) is 9.10 Å². The zero-order valence-corrected chi connectivity index (χ0v) is 21.2. The second kappa shape index (κ2) is 11.3. The lowest BCUT2D eigenvalue weighted by Crippen LogP contribution is -2.38. The number of nitrogens with zero attached hydrogens (tertiary/aromatic N) is 1. The lowest BCUT2D eigenvalue weighted by atomic mass is 10.2. The molecule has 0 unspecified atom stereocenters. The Balaban J connectivity index is 1.48. The Hall–Kier alpha value is -3.81. The van der Waals surface area contributed by atoms with Crippen LogP contribution < -0.4 is 14.4 Å². The van der Waals surface area contributed by atoms with Crippen molar-refractivity contribution in [3.05, 3.63) is 119 Å². The van der Waals surface area contributed by atoms with Crippen LogP contribution in [0.15, 0.2) is 108 Å². The SMILES string of the molecule is Cc1ccc(S(=O)(=O)N(CC(=O)Nc2ccc(OCc3ccccc3)cc2)c2ccc(Cl)cc2)cc1. The minimum Gasteiger partial charge on any atom is -0.489 e. The topological polar surface area (TPSA) is 75.7 Å². The van der Waals surface area contributed by atoms with Gasteiger partial charge in [-0.1, -0.05) is 59.6 Å². The normalized spacial score (nSPS) is 11.1. The largest absolute Gasteiger partial charge is 0.489 e. The molecule has 0 radical (unpaired) electrons. The van der Waals surface area contributed by atoms with Gasteiger partial charge in [-0.25, -0.2) is 8.42 Å². The molecule has 8 heteroatoms. The molecule has 0 aliphatic carbocycles. The fourth-order valence-electron chi connectivity index (χ4n) is 3.47. The summed E-state index contributed by atoms with van der Waals surface area (Å²) in [6, 6.07) is 29.5. The van der Waals surface area contributed by atoms with E-state index in [2.05, 4.69) is 5.32 Å². The van der Waals surface area contributed by atoms with Crippen molar-refractivity contribution in [1.29, 1.82) is 0 Å². The monoisotopic (exact) mass is 520 g/mol. The predicted molar refractivity (Wildman–Crippen MR) is 143 cm³/mol. The number of benzene rings is 4. The van der Waals surface area contributed by atoms with Crippen molar-refractivity contribution < 1.29 is 17.9 Å². The zero-order valence-electron chi connectivity index (χ0n) is 19.6. The molecule has 0 saturated carbocycles. The van der Waals surface area contributed by atoms with E-state index in [9.17, 15) is 13.2 Å². The van der Waals surface area contributed by atoms with Gasteiger partial charge in [0.25, 0.3) is 10.0 Å². The number of amides is 1. The lowest BCUT2D eigenvalue weighted by Gasteiger charge is -2.24. The number of hydrogen-bond donors (Lipinski definition) is 1. The van der Waals surface area contributed by atoms with Crippen LogP contribution >= 0.6 is 11.6 Å². The van der Waals surface area contributed by atoms with Crippen LogP contribution in [-0.4, -0.2) is 20.9 Å². The molecule has 0 aliphatic rings. The molecular formula is C28H25ClN2O4S. The number of halogens is 1. The Labute approximate surface area is 216 Å². The standard InChI is InChI=1S/C28H25ClN2O4S/c1-21-7-17-27(18-8-21)36(33,34)31(25-13-9-23(29)10-14-25)19-28(32)30-24-11-15-26(16-12-24)35-20-22-5-3-2-4-6-22/h2-18H,19-20H2,1H3,(H,30,32). The number of aryl methyl sites for hydroxylation is 1. The molecule has 0 spiro atoms. The molecule has 4 aromatic carbocycles. The van der Waals surface area contributed by atoms with Crippen LogP contribution in [0.2, 0.25) is 5.02 Å². The summed E-state index contributed by atoms with van der Waals surface area (Å²) in [5, 5.41) is 3.22. The Bertz CT molecular complexity index is 1410. The van der Waals surface area contributed by atoms with E-state index < -0.39 is 22.5 Å². The highest BCUT2D eigenvalue weighted by Gasteiger charge is 2.27. The van der Waals surface area contributed by atoms with E-state index in [1.807, 2.05) is 37.3 Å². The predicted octanol–water partition coefficient (Wildman–Crippen LogP) is 6.06. The van der Waals surface area contributed by atoms with Crippen molar-refractivity contribution in [1.82, 2.24) is 0 Å². The molecule has 0 fully saturated rings. The van der Waals surface area contributed by atoms with Crippen molar-refractivity contribution in [3.63, 3.8) is 0 Å². The van der Waals surface area contributed by atoms with E-state index in [1.165, 1.54) is 12.1 Å². The molecule has 1 amide bonds. The number of nitrogens with one attached hydrogen (secondary N) is 1.